The minimum atomic E-state index is 0.992. The molecule has 0 atom stereocenters. The van der Waals surface area contributed by atoms with Gasteiger partial charge in [0.15, 0.2) is 0 Å². The van der Waals surface area contributed by atoms with E-state index in [2.05, 4.69) is 58.3 Å². The zero-order valence-electron chi connectivity index (χ0n) is 10.9. The standard InChI is InChI=1S/C16H18N2S/c1-2-8-16-15(7-1)13(11-18-16)5-3-9-17-12-14-6-4-10-19-14/h1-2,4,6-8,10-11,17-18H,3,5,9,12H2. The number of hydrogen-bond acceptors (Lipinski definition) is 2. The lowest BCUT2D eigenvalue weighted by atomic mass is 10.1. The minimum Gasteiger partial charge on any atom is -0.361 e. The number of aromatic nitrogens is 1. The quantitative estimate of drug-likeness (QED) is 0.652. The van der Waals surface area contributed by atoms with Gasteiger partial charge in [-0.25, -0.2) is 0 Å². The number of thiophene rings is 1. The smallest absolute Gasteiger partial charge is 0.0456 e. The molecule has 0 amide bonds. The van der Waals surface area contributed by atoms with Crippen LogP contribution in [0.3, 0.4) is 0 Å². The monoisotopic (exact) mass is 270 g/mol. The molecule has 2 aromatic heterocycles. The molecule has 3 heteroatoms. The first-order valence-electron chi connectivity index (χ1n) is 6.71. The molecule has 3 rings (SSSR count). The first kappa shape index (κ1) is 12.5. The predicted molar refractivity (Wildman–Crippen MR) is 82.6 cm³/mol. The Morgan fingerprint density at radius 2 is 2.05 bits per heavy atom. The van der Waals surface area contributed by atoms with Crippen LogP contribution in [-0.2, 0) is 13.0 Å². The second-order valence-corrected chi connectivity index (χ2v) is 5.75. The molecule has 0 aliphatic carbocycles. The zero-order chi connectivity index (χ0) is 12.9. The highest BCUT2D eigenvalue weighted by Crippen LogP contribution is 2.18. The third kappa shape index (κ3) is 3.06. The van der Waals surface area contributed by atoms with E-state index >= 15 is 0 Å². The van der Waals surface area contributed by atoms with Gasteiger partial charge in [0.2, 0.25) is 0 Å². The molecule has 0 aliphatic rings. The summed E-state index contributed by atoms with van der Waals surface area (Å²) in [5.74, 6) is 0. The van der Waals surface area contributed by atoms with Crippen molar-refractivity contribution in [2.75, 3.05) is 6.54 Å². The van der Waals surface area contributed by atoms with Crippen LogP contribution in [0.5, 0.6) is 0 Å². The topological polar surface area (TPSA) is 27.8 Å². The summed E-state index contributed by atoms with van der Waals surface area (Å²) in [6, 6.07) is 12.8. The van der Waals surface area contributed by atoms with Crippen LogP contribution >= 0.6 is 11.3 Å². The van der Waals surface area contributed by atoms with Gasteiger partial charge in [-0.05, 0) is 42.5 Å². The van der Waals surface area contributed by atoms with Crippen molar-refractivity contribution in [2.45, 2.75) is 19.4 Å². The average Bonchev–Trinajstić information content (AvgIpc) is 3.08. The van der Waals surface area contributed by atoms with Crippen LogP contribution in [0.25, 0.3) is 10.9 Å². The molecule has 0 spiro atoms. The Bertz CT molecular complexity index is 625. The van der Waals surface area contributed by atoms with E-state index in [1.165, 1.54) is 27.8 Å². The van der Waals surface area contributed by atoms with Gasteiger partial charge in [-0.1, -0.05) is 24.3 Å². The molecule has 19 heavy (non-hydrogen) atoms. The lowest BCUT2D eigenvalue weighted by molar-refractivity contribution is 0.655. The fourth-order valence-electron chi connectivity index (χ4n) is 2.37. The number of rotatable bonds is 6. The maximum atomic E-state index is 3.50. The third-order valence-electron chi connectivity index (χ3n) is 3.35. The van der Waals surface area contributed by atoms with Gasteiger partial charge in [0.1, 0.15) is 0 Å². The van der Waals surface area contributed by atoms with Gasteiger partial charge in [-0.2, -0.15) is 0 Å². The molecule has 98 valence electrons. The summed E-state index contributed by atoms with van der Waals surface area (Å²) in [6.45, 7) is 2.06. The summed E-state index contributed by atoms with van der Waals surface area (Å²) in [5.41, 5.74) is 2.66. The molecule has 2 N–H and O–H groups in total. The second-order valence-electron chi connectivity index (χ2n) is 4.72. The Morgan fingerprint density at radius 1 is 1.11 bits per heavy atom. The highest BCUT2D eigenvalue weighted by atomic mass is 32.1. The summed E-state index contributed by atoms with van der Waals surface area (Å²) in [6.07, 6.45) is 4.44. The van der Waals surface area contributed by atoms with Crippen molar-refractivity contribution in [3.8, 4) is 0 Å². The Hall–Kier alpha value is -1.58. The van der Waals surface area contributed by atoms with Crippen molar-refractivity contribution >= 4 is 22.2 Å². The fourth-order valence-corrected chi connectivity index (χ4v) is 3.04. The predicted octanol–water partition coefficient (Wildman–Crippen LogP) is 3.95. The summed E-state index contributed by atoms with van der Waals surface area (Å²) < 4.78 is 0. The van der Waals surface area contributed by atoms with E-state index < -0.39 is 0 Å². The summed E-state index contributed by atoms with van der Waals surface area (Å²) >= 11 is 1.81. The summed E-state index contributed by atoms with van der Waals surface area (Å²) in [4.78, 5) is 4.74. The number of aryl methyl sites for hydroxylation is 1. The lowest BCUT2D eigenvalue weighted by Crippen LogP contribution is -2.14. The molecule has 0 radical (unpaired) electrons. The fraction of sp³-hybridized carbons (Fsp3) is 0.250. The Morgan fingerprint density at radius 3 is 2.95 bits per heavy atom. The van der Waals surface area contributed by atoms with Crippen LogP contribution in [0.2, 0.25) is 0 Å². The number of fused-ring (bicyclic) bond motifs is 1. The van der Waals surface area contributed by atoms with E-state index in [1.807, 2.05) is 11.3 Å². The highest BCUT2D eigenvalue weighted by Gasteiger charge is 2.02. The van der Waals surface area contributed by atoms with E-state index in [1.54, 1.807) is 0 Å². The van der Waals surface area contributed by atoms with Crippen molar-refractivity contribution < 1.29 is 0 Å². The molecule has 0 aliphatic heterocycles. The van der Waals surface area contributed by atoms with Gasteiger partial charge in [-0.3, -0.25) is 0 Å². The SMILES string of the molecule is c1csc(CNCCCc2c[nH]c3ccccc23)c1. The van der Waals surface area contributed by atoms with Gasteiger partial charge in [0.25, 0.3) is 0 Å². The summed E-state index contributed by atoms with van der Waals surface area (Å²) in [7, 11) is 0. The van der Waals surface area contributed by atoms with Crippen LogP contribution in [0, 0.1) is 0 Å². The molecule has 2 heterocycles. The van der Waals surface area contributed by atoms with Crippen molar-refractivity contribution in [3.63, 3.8) is 0 Å². The maximum absolute atomic E-state index is 3.50. The number of benzene rings is 1. The first-order chi connectivity index (χ1) is 9.43. The Balaban J connectivity index is 1.47. The number of nitrogens with one attached hydrogen (secondary N) is 2. The Labute approximate surface area is 117 Å². The molecule has 0 unspecified atom stereocenters. The second kappa shape index (κ2) is 6.04. The third-order valence-corrected chi connectivity index (χ3v) is 4.23. The number of aromatic amines is 1. The van der Waals surface area contributed by atoms with Crippen molar-refractivity contribution in [1.29, 1.82) is 0 Å². The summed E-state index contributed by atoms with van der Waals surface area (Å²) in [5, 5.41) is 6.99. The van der Waals surface area contributed by atoms with Crippen LogP contribution in [0.4, 0.5) is 0 Å². The number of hydrogen-bond donors (Lipinski definition) is 2. The maximum Gasteiger partial charge on any atom is 0.0456 e. The molecular weight excluding hydrogens is 252 g/mol. The van der Waals surface area contributed by atoms with E-state index in [0.29, 0.717) is 0 Å². The average molecular weight is 270 g/mol. The van der Waals surface area contributed by atoms with E-state index in [4.69, 9.17) is 0 Å². The van der Waals surface area contributed by atoms with Crippen LogP contribution in [-0.4, -0.2) is 11.5 Å². The van der Waals surface area contributed by atoms with Crippen LogP contribution < -0.4 is 5.32 Å². The van der Waals surface area contributed by atoms with Crippen LogP contribution in [0.1, 0.15) is 16.9 Å². The molecule has 0 bridgehead atoms. The van der Waals surface area contributed by atoms with E-state index in [9.17, 15) is 0 Å². The molecule has 0 fully saturated rings. The molecule has 2 nitrogen and oxygen atoms in total. The largest absolute Gasteiger partial charge is 0.361 e. The molecule has 0 saturated carbocycles. The van der Waals surface area contributed by atoms with Crippen molar-refractivity contribution in [2.24, 2.45) is 0 Å². The molecule has 1 aromatic carbocycles. The van der Waals surface area contributed by atoms with Crippen molar-refractivity contribution in [1.82, 2.24) is 10.3 Å². The normalized spacial score (nSPS) is 11.2. The van der Waals surface area contributed by atoms with Gasteiger partial charge < -0.3 is 10.3 Å². The molecule has 0 saturated heterocycles. The number of para-hydroxylation sites is 1. The van der Waals surface area contributed by atoms with Gasteiger partial charge >= 0.3 is 0 Å². The molecule has 3 aromatic rings. The lowest BCUT2D eigenvalue weighted by Gasteiger charge is -2.03. The Kier molecular flexibility index (Phi) is 3.96. The van der Waals surface area contributed by atoms with Crippen LogP contribution in [0.15, 0.2) is 48.0 Å². The molecular formula is C16H18N2S. The minimum absolute atomic E-state index is 0.992. The van der Waals surface area contributed by atoms with E-state index in [0.717, 1.165) is 19.5 Å². The highest BCUT2D eigenvalue weighted by molar-refractivity contribution is 7.09. The number of H-pyrrole nitrogens is 1. The van der Waals surface area contributed by atoms with Gasteiger partial charge in [0.05, 0.1) is 0 Å². The van der Waals surface area contributed by atoms with Gasteiger partial charge in [0, 0.05) is 28.5 Å². The van der Waals surface area contributed by atoms with Gasteiger partial charge in [-0.15, -0.1) is 11.3 Å². The van der Waals surface area contributed by atoms with Crippen molar-refractivity contribution in [3.05, 3.63) is 58.4 Å². The first-order valence-corrected chi connectivity index (χ1v) is 7.59. The van der Waals surface area contributed by atoms with E-state index in [-0.39, 0.29) is 0 Å². The zero-order valence-corrected chi connectivity index (χ0v) is 11.7.